The molecule has 1 fully saturated rings. The highest BCUT2D eigenvalue weighted by Gasteiger charge is 2.26. The third-order valence-corrected chi connectivity index (χ3v) is 3.75. The Kier molecular flexibility index (Phi) is 3.52. The number of amides is 1. The number of nitrogens with zero attached hydrogens (tertiary/aromatic N) is 3. The molecule has 1 N–H and O–H groups in total. The van der Waals surface area contributed by atoms with Gasteiger partial charge in [0.15, 0.2) is 0 Å². The number of hydrogen-bond donors (Lipinski definition) is 1. The number of aliphatic hydroxyl groups excluding tert-OH is 1. The number of aliphatic hydroxyl groups is 1. The van der Waals surface area contributed by atoms with E-state index in [2.05, 4.69) is 5.10 Å². The van der Waals surface area contributed by atoms with Gasteiger partial charge in [-0.15, -0.1) is 0 Å². The number of carbonyl (C=O) groups is 1. The number of β-amino-alcohol motifs (C(OH)–C–C–N with tert-alkyl or cyclic N) is 1. The topological polar surface area (TPSA) is 67.6 Å². The van der Waals surface area contributed by atoms with Gasteiger partial charge in [0, 0.05) is 19.6 Å². The lowest BCUT2D eigenvalue weighted by Crippen LogP contribution is -2.38. The summed E-state index contributed by atoms with van der Waals surface area (Å²) in [6.07, 6.45) is 4.21. The monoisotopic (exact) mass is 265 g/mol. The predicted molar refractivity (Wildman–Crippen MR) is 67.9 cm³/mol. The minimum absolute atomic E-state index is 0.0345. The molecule has 104 valence electrons. The first kappa shape index (κ1) is 12.6. The van der Waals surface area contributed by atoms with Crippen molar-refractivity contribution in [1.82, 2.24) is 14.7 Å². The van der Waals surface area contributed by atoms with Crippen molar-refractivity contribution in [2.24, 2.45) is 0 Å². The lowest BCUT2D eigenvalue weighted by molar-refractivity contribution is 0.0534. The van der Waals surface area contributed by atoms with Gasteiger partial charge in [0.25, 0.3) is 5.91 Å². The summed E-state index contributed by atoms with van der Waals surface area (Å²) in [6, 6.07) is 0. The van der Waals surface area contributed by atoms with E-state index in [0.29, 0.717) is 31.9 Å². The second kappa shape index (κ2) is 5.30. The fraction of sp³-hybridized carbons (Fsp3) is 0.692. The van der Waals surface area contributed by atoms with Crippen LogP contribution in [-0.2, 0) is 17.7 Å². The molecule has 0 aliphatic carbocycles. The smallest absolute Gasteiger partial charge is 0.257 e. The molecule has 0 radical (unpaired) electrons. The SMILES string of the molecule is O=C(c1cnn2c1CCCC2)N1CCOCC(O)C1. The van der Waals surface area contributed by atoms with Crippen LogP contribution in [0.2, 0.25) is 0 Å². The van der Waals surface area contributed by atoms with Crippen LogP contribution in [0.3, 0.4) is 0 Å². The molecular formula is C13H19N3O3. The number of carbonyl (C=O) groups excluding carboxylic acids is 1. The van der Waals surface area contributed by atoms with Crippen molar-refractivity contribution >= 4 is 5.91 Å². The maximum Gasteiger partial charge on any atom is 0.257 e. The zero-order valence-electron chi connectivity index (χ0n) is 10.9. The van der Waals surface area contributed by atoms with Crippen LogP contribution >= 0.6 is 0 Å². The van der Waals surface area contributed by atoms with Gasteiger partial charge in [-0.3, -0.25) is 9.48 Å². The third-order valence-electron chi connectivity index (χ3n) is 3.75. The van der Waals surface area contributed by atoms with E-state index in [0.717, 1.165) is 31.5 Å². The van der Waals surface area contributed by atoms with Gasteiger partial charge in [-0.25, -0.2) is 0 Å². The number of hydrogen-bond acceptors (Lipinski definition) is 4. The average molecular weight is 265 g/mol. The summed E-state index contributed by atoms with van der Waals surface area (Å²) < 4.78 is 7.18. The highest BCUT2D eigenvalue weighted by molar-refractivity contribution is 5.95. The second-order valence-corrected chi connectivity index (χ2v) is 5.17. The van der Waals surface area contributed by atoms with Crippen LogP contribution < -0.4 is 0 Å². The van der Waals surface area contributed by atoms with E-state index in [1.165, 1.54) is 0 Å². The maximum absolute atomic E-state index is 12.5. The van der Waals surface area contributed by atoms with E-state index < -0.39 is 6.10 Å². The standard InChI is InChI=1S/C13H19N3O3/c17-10-8-15(5-6-19-9-10)13(18)11-7-14-16-4-2-1-3-12(11)16/h7,10,17H,1-6,8-9H2. The summed E-state index contributed by atoms with van der Waals surface area (Å²) >= 11 is 0. The Morgan fingerprint density at radius 1 is 1.42 bits per heavy atom. The highest BCUT2D eigenvalue weighted by Crippen LogP contribution is 2.20. The Balaban J connectivity index is 1.81. The van der Waals surface area contributed by atoms with Gasteiger partial charge in [0.05, 0.1) is 36.8 Å². The summed E-state index contributed by atoms with van der Waals surface area (Å²) in [6.45, 7) is 2.54. The lowest BCUT2D eigenvalue weighted by atomic mass is 10.1. The van der Waals surface area contributed by atoms with Crippen molar-refractivity contribution in [2.75, 3.05) is 26.3 Å². The van der Waals surface area contributed by atoms with Crippen molar-refractivity contribution < 1.29 is 14.6 Å². The van der Waals surface area contributed by atoms with Crippen molar-refractivity contribution in [2.45, 2.75) is 31.9 Å². The summed E-state index contributed by atoms with van der Waals surface area (Å²) in [4.78, 5) is 14.2. The number of ether oxygens (including phenoxy) is 1. The number of rotatable bonds is 1. The molecule has 0 spiro atoms. The molecule has 1 amide bonds. The second-order valence-electron chi connectivity index (χ2n) is 5.17. The molecule has 19 heavy (non-hydrogen) atoms. The Labute approximate surface area is 112 Å². The number of aromatic nitrogens is 2. The van der Waals surface area contributed by atoms with Gasteiger partial charge in [-0.1, -0.05) is 0 Å². The minimum Gasteiger partial charge on any atom is -0.389 e. The maximum atomic E-state index is 12.5. The van der Waals surface area contributed by atoms with Crippen LogP contribution in [0.15, 0.2) is 6.20 Å². The van der Waals surface area contributed by atoms with Gasteiger partial charge in [0.2, 0.25) is 0 Å². The molecule has 1 aromatic rings. The summed E-state index contributed by atoms with van der Waals surface area (Å²) in [7, 11) is 0. The first-order valence-electron chi connectivity index (χ1n) is 6.85. The average Bonchev–Trinajstić information content (AvgIpc) is 2.73. The molecule has 2 aliphatic heterocycles. The van der Waals surface area contributed by atoms with E-state index >= 15 is 0 Å². The van der Waals surface area contributed by atoms with E-state index in [1.807, 2.05) is 4.68 Å². The Bertz CT molecular complexity index is 472. The normalized spacial score (nSPS) is 23.8. The minimum atomic E-state index is -0.599. The first-order chi connectivity index (χ1) is 9.25. The molecule has 1 unspecified atom stereocenters. The number of fused-ring (bicyclic) bond motifs is 1. The molecule has 1 saturated heterocycles. The molecular weight excluding hydrogens is 246 g/mol. The third kappa shape index (κ3) is 2.50. The summed E-state index contributed by atoms with van der Waals surface area (Å²) in [5.41, 5.74) is 1.73. The molecule has 6 nitrogen and oxygen atoms in total. The predicted octanol–water partition coefficient (Wildman–Crippen LogP) is 0.0527. The molecule has 6 heteroatoms. The van der Waals surface area contributed by atoms with Crippen LogP contribution in [0.25, 0.3) is 0 Å². The van der Waals surface area contributed by atoms with Gasteiger partial charge < -0.3 is 14.7 Å². The van der Waals surface area contributed by atoms with Crippen LogP contribution in [0.4, 0.5) is 0 Å². The zero-order chi connectivity index (χ0) is 13.2. The molecule has 3 heterocycles. The molecule has 0 bridgehead atoms. The van der Waals surface area contributed by atoms with E-state index in [4.69, 9.17) is 4.74 Å². The summed E-state index contributed by atoms with van der Waals surface area (Å²) in [5, 5.41) is 14.0. The first-order valence-corrected chi connectivity index (χ1v) is 6.85. The van der Waals surface area contributed by atoms with E-state index in [1.54, 1.807) is 11.1 Å². The summed E-state index contributed by atoms with van der Waals surface area (Å²) in [5.74, 6) is -0.0345. The van der Waals surface area contributed by atoms with Gasteiger partial charge >= 0.3 is 0 Å². The largest absolute Gasteiger partial charge is 0.389 e. The molecule has 1 aromatic heterocycles. The fourth-order valence-corrected chi connectivity index (χ4v) is 2.75. The highest BCUT2D eigenvalue weighted by atomic mass is 16.5. The van der Waals surface area contributed by atoms with Gasteiger partial charge in [-0.05, 0) is 19.3 Å². The van der Waals surface area contributed by atoms with Gasteiger partial charge in [-0.2, -0.15) is 5.10 Å². The van der Waals surface area contributed by atoms with Crippen LogP contribution in [0, 0.1) is 0 Å². The zero-order valence-corrected chi connectivity index (χ0v) is 10.9. The van der Waals surface area contributed by atoms with Crippen molar-refractivity contribution in [1.29, 1.82) is 0 Å². The molecule has 0 aromatic carbocycles. The lowest BCUT2D eigenvalue weighted by Gasteiger charge is -2.22. The molecule has 0 saturated carbocycles. The van der Waals surface area contributed by atoms with E-state index in [-0.39, 0.29) is 5.91 Å². The van der Waals surface area contributed by atoms with Gasteiger partial charge in [0.1, 0.15) is 0 Å². The fourth-order valence-electron chi connectivity index (χ4n) is 2.75. The van der Waals surface area contributed by atoms with Crippen LogP contribution in [0.5, 0.6) is 0 Å². The van der Waals surface area contributed by atoms with Crippen molar-refractivity contribution in [3.8, 4) is 0 Å². The van der Waals surface area contributed by atoms with Crippen LogP contribution in [-0.4, -0.2) is 58.1 Å². The van der Waals surface area contributed by atoms with Crippen molar-refractivity contribution in [3.05, 3.63) is 17.5 Å². The van der Waals surface area contributed by atoms with Crippen LogP contribution in [0.1, 0.15) is 28.9 Å². The molecule has 2 aliphatic rings. The van der Waals surface area contributed by atoms with E-state index in [9.17, 15) is 9.90 Å². The Morgan fingerprint density at radius 3 is 3.21 bits per heavy atom. The van der Waals surface area contributed by atoms with Crippen molar-refractivity contribution in [3.63, 3.8) is 0 Å². The Morgan fingerprint density at radius 2 is 2.32 bits per heavy atom. The Hall–Kier alpha value is -1.40. The number of aryl methyl sites for hydroxylation is 1. The molecule has 3 rings (SSSR count). The quantitative estimate of drug-likeness (QED) is 0.779. The molecule has 1 atom stereocenters.